The van der Waals surface area contributed by atoms with Crippen molar-refractivity contribution in [2.75, 3.05) is 19.8 Å². The van der Waals surface area contributed by atoms with Crippen molar-refractivity contribution < 1.29 is 24.5 Å². The van der Waals surface area contributed by atoms with Crippen molar-refractivity contribution >= 4 is 11.8 Å². The van der Waals surface area contributed by atoms with Gasteiger partial charge in [0.1, 0.15) is 11.5 Å². The molecule has 37 heavy (non-hydrogen) atoms. The molecule has 0 fully saturated rings. The zero-order valence-electron chi connectivity index (χ0n) is 22.1. The summed E-state index contributed by atoms with van der Waals surface area (Å²) in [5.74, 6) is 0.435. The first kappa shape index (κ1) is 28.5. The first-order chi connectivity index (χ1) is 18.0. The molecular formula is C30H42N2O5. The van der Waals surface area contributed by atoms with Crippen molar-refractivity contribution in [1.82, 2.24) is 10.2 Å². The molecule has 0 aromatic heterocycles. The molecule has 1 unspecified atom stereocenters. The highest BCUT2D eigenvalue weighted by molar-refractivity contribution is 5.94. The average molecular weight is 511 g/mol. The second kappa shape index (κ2) is 15.3. The molecule has 0 bridgehead atoms. The van der Waals surface area contributed by atoms with Crippen LogP contribution in [0.4, 0.5) is 0 Å². The minimum Gasteiger partial charge on any atom is -0.508 e. The normalized spacial score (nSPS) is 14.8. The number of nitrogens with one attached hydrogen (secondary N) is 1. The lowest BCUT2D eigenvalue weighted by Gasteiger charge is -2.37. The second-order valence-corrected chi connectivity index (χ2v) is 9.94. The number of nitrogens with zero attached hydrogens (tertiary/aromatic N) is 1. The van der Waals surface area contributed by atoms with Crippen molar-refractivity contribution in [3.05, 3.63) is 59.2 Å². The fraction of sp³-hybridized carbons (Fsp3) is 0.533. The molecule has 1 atom stereocenters. The second-order valence-electron chi connectivity index (χ2n) is 9.94. The third kappa shape index (κ3) is 9.39. The first-order valence-corrected chi connectivity index (χ1v) is 13.7. The lowest BCUT2D eigenvalue weighted by atomic mass is 9.93. The maximum Gasteiger partial charge on any atom is 0.254 e. The summed E-state index contributed by atoms with van der Waals surface area (Å²) in [4.78, 5) is 26.8. The van der Waals surface area contributed by atoms with Gasteiger partial charge in [-0.2, -0.15) is 0 Å². The fourth-order valence-corrected chi connectivity index (χ4v) is 4.70. The van der Waals surface area contributed by atoms with E-state index in [-0.39, 0.29) is 29.4 Å². The van der Waals surface area contributed by atoms with Crippen LogP contribution in [0.2, 0.25) is 0 Å². The van der Waals surface area contributed by atoms with E-state index in [0.717, 1.165) is 69.0 Å². The number of rotatable bonds is 15. The Morgan fingerprint density at radius 2 is 1.62 bits per heavy atom. The Hall–Kier alpha value is -3.06. The van der Waals surface area contributed by atoms with Gasteiger partial charge in [-0.15, -0.1) is 0 Å². The lowest BCUT2D eigenvalue weighted by molar-refractivity contribution is -0.121. The van der Waals surface area contributed by atoms with Gasteiger partial charge >= 0.3 is 0 Å². The van der Waals surface area contributed by atoms with E-state index in [4.69, 9.17) is 4.74 Å². The summed E-state index contributed by atoms with van der Waals surface area (Å²) in [7, 11) is 0. The number of phenolic OH excluding ortho intramolecular Hbond substituents is 2. The number of carbonyl (C=O) groups is 2. The first-order valence-electron chi connectivity index (χ1n) is 13.7. The van der Waals surface area contributed by atoms with E-state index in [2.05, 4.69) is 12.2 Å². The standard InChI is InChI=1S/C30H42N2O5/c1-2-3-17-31-29(35)10-8-6-4-5-7-9-18-37-22-26-19-25-20-28(34)16-13-24(25)21-32(26)30(36)23-11-14-27(33)15-12-23/h11-16,20,26,33-34H,2-10,17-19,21-22H2,1H3,(H,31,35). The van der Waals surface area contributed by atoms with E-state index in [9.17, 15) is 19.8 Å². The third-order valence-electron chi connectivity index (χ3n) is 6.91. The molecule has 2 aromatic carbocycles. The Labute approximate surface area is 220 Å². The van der Waals surface area contributed by atoms with Crippen LogP contribution in [-0.4, -0.2) is 52.7 Å². The van der Waals surface area contributed by atoms with Crippen LogP contribution in [0.25, 0.3) is 0 Å². The number of hydrogen-bond acceptors (Lipinski definition) is 5. The topological polar surface area (TPSA) is 99.1 Å². The molecule has 3 rings (SSSR count). The molecule has 202 valence electrons. The predicted octanol–water partition coefficient (Wildman–Crippen LogP) is 5.33. The third-order valence-corrected chi connectivity index (χ3v) is 6.91. The predicted molar refractivity (Wildman–Crippen MR) is 145 cm³/mol. The van der Waals surface area contributed by atoms with E-state index >= 15 is 0 Å². The highest BCUT2D eigenvalue weighted by Gasteiger charge is 2.30. The zero-order valence-corrected chi connectivity index (χ0v) is 22.1. The van der Waals surface area contributed by atoms with Gasteiger partial charge in [0.2, 0.25) is 5.91 Å². The Balaban J connectivity index is 1.39. The number of unbranched alkanes of at least 4 members (excludes halogenated alkanes) is 6. The van der Waals surface area contributed by atoms with Crippen LogP contribution in [-0.2, 0) is 22.5 Å². The summed E-state index contributed by atoms with van der Waals surface area (Å²) in [5.41, 5.74) is 2.60. The van der Waals surface area contributed by atoms with Crippen molar-refractivity contribution in [2.24, 2.45) is 0 Å². The number of ether oxygens (including phenoxy) is 1. The summed E-state index contributed by atoms with van der Waals surface area (Å²) >= 11 is 0. The molecule has 3 N–H and O–H groups in total. The van der Waals surface area contributed by atoms with Crippen molar-refractivity contribution in [3.63, 3.8) is 0 Å². The van der Waals surface area contributed by atoms with Gasteiger partial charge in [-0.25, -0.2) is 0 Å². The van der Waals surface area contributed by atoms with Crippen LogP contribution in [0, 0.1) is 0 Å². The van der Waals surface area contributed by atoms with Crippen LogP contribution in [0.1, 0.15) is 86.2 Å². The molecule has 2 aromatic rings. The molecule has 0 saturated carbocycles. The van der Waals surface area contributed by atoms with Gasteiger partial charge in [0, 0.05) is 31.7 Å². The Kier molecular flexibility index (Phi) is 11.8. The average Bonchev–Trinajstić information content (AvgIpc) is 2.89. The minimum absolute atomic E-state index is 0.0913. The van der Waals surface area contributed by atoms with Gasteiger partial charge in [0.05, 0.1) is 12.6 Å². The van der Waals surface area contributed by atoms with Gasteiger partial charge in [0.25, 0.3) is 5.91 Å². The number of amides is 2. The zero-order chi connectivity index (χ0) is 26.5. The molecular weight excluding hydrogens is 468 g/mol. The Morgan fingerprint density at radius 1 is 0.919 bits per heavy atom. The number of hydrogen-bond donors (Lipinski definition) is 3. The van der Waals surface area contributed by atoms with Gasteiger partial charge in [0.15, 0.2) is 0 Å². The van der Waals surface area contributed by atoms with Crippen LogP contribution < -0.4 is 5.32 Å². The maximum atomic E-state index is 13.3. The summed E-state index contributed by atoms with van der Waals surface area (Å²) in [6.07, 6.45) is 9.70. The van der Waals surface area contributed by atoms with E-state index in [1.165, 1.54) is 12.1 Å². The van der Waals surface area contributed by atoms with E-state index < -0.39 is 0 Å². The molecule has 1 aliphatic rings. The van der Waals surface area contributed by atoms with Crippen molar-refractivity contribution in [2.45, 2.75) is 83.7 Å². The molecule has 0 aliphatic carbocycles. The number of benzene rings is 2. The highest BCUT2D eigenvalue weighted by Crippen LogP contribution is 2.28. The fourth-order valence-electron chi connectivity index (χ4n) is 4.70. The van der Waals surface area contributed by atoms with E-state index in [1.54, 1.807) is 24.3 Å². The van der Waals surface area contributed by atoms with Crippen LogP contribution in [0.3, 0.4) is 0 Å². The molecule has 0 saturated heterocycles. The number of fused-ring (bicyclic) bond motifs is 1. The SMILES string of the molecule is CCCCNC(=O)CCCCCCCCOCC1Cc2cc(O)ccc2CN1C(=O)c1ccc(O)cc1. The Morgan fingerprint density at radius 3 is 2.38 bits per heavy atom. The molecule has 2 amide bonds. The molecule has 1 heterocycles. The number of phenols is 2. The van der Waals surface area contributed by atoms with Crippen molar-refractivity contribution in [3.8, 4) is 11.5 Å². The largest absolute Gasteiger partial charge is 0.508 e. The molecule has 7 nitrogen and oxygen atoms in total. The smallest absolute Gasteiger partial charge is 0.254 e. The van der Waals surface area contributed by atoms with E-state index in [0.29, 0.717) is 38.2 Å². The maximum absolute atomic E-state index is 13.3. The molecule has 0 radical (unpaired) electrons. The lowest BCUT2D eigenvalue weighted by Crippen LogP contribution is -2.46. The summed E-state index contributed by atoms with van der Waals surface area (Å²) in [5, 5.41) is 22.5. The summed E-state index contributed by atoms with van der Waals surface area (Å²) in [6, 6.07) is 11.5. The number of carbonyl (C=O) groups excluding carboxylic acids is 2. The molecule has 7 heteroatoms. The minimum atomic E-state index is -0.126. The summed E-state index contributed by atoms with van der Waals surface area (Å²) in [6.45, 7) is 4.44. The van der Waals surface area contributed by atoms with Crippen LogP contribution in [0.5, 0.6) is 11.5 Å². The van der Waals surface area contributed by atoms with Gasteiger partial charge < -0.3 is 25.2 Å². The van der Waals surface area contributed by atoms with Crippen LogP contribution >= 0.6 is 0 Å². The monoisotopic (exact) mass is 510 g/mol. The van der Waals surface area contributed by atoms with Gasteiger partial charge in [-0.3, -0.25) is 9.59 Å². The van der Waals surface area contributed by atoms with Gasteiger partial charge in [-0.1, -0.05) is 45.1 Å². The molecule has 0 spiro atoms. The van der Waals surface area contributed by atoms with Crippen molar-refractivity contribution in [1.29, 1.82) is 0 Å². The number of aromatic hydroxyl groups is 2. The van der Waals surface area contributed by atoms with Crippen LogP contribution in [0.15, 0.2) is 42.5 Å². The quantitative estimate of drug-likeness (QED) is 0.281. The molecule has 1 aliphatic heterocycles. The van der Waals surface area contributed by atoms with E-state index in [1.807, 2.05) is 11.0 Å². The van der Waals surface area contributed by atoms with Gasteiger partial charge in [-0.05, 0) is 73.2 Å². The Bertz CT molecular complexity index is 992. The highest BCUT2D eigenvalue weighted by atomic mass is 16.5. The summed E-state index contributed by atoms with van der Waals surface area (Å²) < 4.78 is 6.01.